The first-order chi connectivity index (χ1) is 15.5. The van der Waals surface area contributed by atoms with Gasteiger partial charge in [-0.25, -0.2) is 15.0 Å². The van der Waals surface area contributed by atoms with E-state index in [4.69, 9.17) is 26.6 Å². The zero-order valence-corrected chi connectivity index (χ0v) is 18.7. The van der Waals surface area contributed by atoms with Crippen molar-refractivity contribution >= 4 is 44.8 Å². The number of nitrogens with zero attached hydrogens (tertiary/aromatic N) is 5. The molecule has 5 aromatic rings. The summed E-state index contributed by atoms with van der Waals surface area (Å²) in [4.78, 5) is 28.7. The summed E-state index contributed by atoms with van der Waals surface area (Å²) in [6, 6.07) is 13.7. The molecule has 6 rings (SSSR count). The molecule has 0 amide bonds. The summed E-state index contributed by atoms with van der Waals surface area (Å²) >= 11 is 6.37. The molecule has 160 valence electrons. The summed E-state index contributed by atoms with van der Waals surface area (Å²) < 4.78 is 3.82. The molecule has 0 N–H and O–H groups in total. The zero-order valence-electron chi connectivity index (χ0n) is 18.0. The number of aromatic nitrogens is 5. The molecular weight excluding hydrogens is 422 g/mol. The second kappa shape index (κ2) is 7.14. The van der Waals surface area contributed by atoms with E-state index >= 15 is 0 Å². The third-order valence-corrected chi connectivity index (χ3v) is 6.82. The smallest absolute Gasteiger partial charge is 0.265 e. The van der Waals surface area contributed by atoms with Crippen molar-refractivity contribution in [3.63, 3.8) is 0 Å². The molecule has 1 saturated carbocycles. The third-order valence-electron chi connectivity index (χ3n) is 6.59. The van der Waals surface area contributed by atoms with Gasteiger partial charge in [-0.15, -0.1) is 0 Å². The quantitative estimate of drug-likeness (QED) is 0.352. The molecule has 0 atom stereocenters. The number of hydrogen-bond donors (Lipinski definition) is 0. The molecule has 0 bridgehead atoms. The molecule has 0 unspecified atom stereocenters. The third kappa shape index (κ3) is 2.79. The Morgan fingerprint density at radius 2 is 1.66 bits per heavy atom. The van der Waals surface area contributed by atoms with Gasteiger partial charge in [-0.05, 0) is 56.5 Å². The van der Waals surface area contributed by atoms with Crippen LogP contribution in [-0.4, -0.2) is 24.1 Å². The van der Waals surface area contributed by atoms with Gasteiger partial charge >= 0.3 is 0 Å². The van der Waals surface area contributed by atoms with E-state index in [1.165, 1.54) is 0 Å². The number of para-hydroxylation sites is 2. The Hall–Kier alpha value is -3.25. The van der Waals surface area contributed by atoms with Gasteiger partial charge in [0.05, 0.1) is 16.7 Å². The van der Waals surface area contributed by atoms with Crippen molar-refractivity contribution in [3.8, 4) is 5.69 Å². The highest BCUT2D eigenvalue weighted by atomic mass is 35.5. The SMILES string of the molecule is Cc1ccc(Cl)cc1-n1c2nc3ccccc3nc2c2c(=O)n(C3CCCC3)c(C)nc21. The van der Waals surface area contributed by atoms with Crippen molar-refractivity contribution in [2.75, 3.05) is 0 Å². The van der Waals surface area contributed by atoms with E-state index in [9.17, 15) is 4.79 Å². The highest BCUT2D eigenvalue weighted by molar-refractivity contribution is 6.30. The van der Waals surface area contributed by atoms with Gasteiger partial charge in [-0.3, -0.25) is 13.9 Å². The average molecular weight is 444 g/mol. The number of fused-ring (bicyclic) bond motifs is 4. The van der Waals surface area contributed by atoms with Crippen LogP contribution in [0.5, 0.6) is 0 Å². The van der Waals surface area contributed by atoms with Crippen LogP contribution in [0.2, 0.25) is 5.02 Å². The Kier molecular flexibility index (Phi) is 4.33. The summed E-state index contributed by atoms with van der Waals surface area (Å²) in [6.07, 6.45) is 4.30. The molecule has 0 saturated heterocycles. The minimum atomic E-state index is -0.0348. The lowest BCUT2D eigenvalue weighted by molar-refractivity contribution is 0.485. The first-order valence-electron chi connectivity index (χ1n) is 11.0. The summed E-state index contributed by atoms with van der Waals surface area (Å²) in [7, 11) is 0. The van der Waals surface area contributed by atoms with Crippen molar-refractivity contribution in [1.82, 2.24) is 24.1 Å². The lowest BCUT2D eigenvalue weighted by Crippen LogP contribution is -2.27. The van der Waals surface area contributed by atoms with E-state index in [2.05, 4.69) is 0 Å². The Balaban J connectivity index is 1.82. The Labute approximate surface area is 189 Å². The van der Waals surface area contributed by atoms with Crippen molar-refractivity contribution in [2.24, 2.45) is 0 Å². The minimum Gasteiger partial charge on any atom is -0.293 e. The maximum atomic E-state index is 13.9. The normalized spacial score (nSPS) is 14.8. The molecule has 1 fully saturated rings. The van der Waals surface area contributed by atoms with Crippen LogP contribution in [0, 0.1) is 13.8 Å². The van der Waals surface area contributed by atoms with Gasteiger partial charge in [0.25, 0.3) is 5.56 Å². The van der Waals surface area contributed by atoms with E-state index in [0.29, 0.717) is 27.2 Å². The Morgan fingerprint density at radius 1 is 0.938 bits per heavy atom. The van der Waals surface area contributed by atoms with E-state index in [1.54, 1.807) is 0 Å². The summed E-state index contributed by atoms with van der Waals surface area (Å²) in [6.45, 7) is 3.94. The number of rotatable bonds is 2. The van der Waals surface area contributed by atoms with Crippen LogP contribution in [-0.2, 0) is 0 Å². The van der Waals surface area contributed by atoms with Gasteiger partial charge in [0, 0.05) is 11.1 Å². The molecule has 32 heavy (non-hydrogen) atoms. The fraction of sp³-hybridized carbons (Fsp3) is 0.280. The van der Waals surface area contributed by atoms with Crippen LogP contribution in [0.25, 0.3) is 38.9 Å². The Bertz CT molecular complexity index is 1590. The number of halogens is 1. The lowest BCUT2D eigenvalue weighted by atomic mass is 10.2. The zero-order chi connectivity index (χ0) is 22.0. The number of benzene rings is 2. The van der Waals surface area contributed by atoms with E-state index < -0.39 is 0 Å². The Morgan fingerprint density at radius 3 is 2.41 bits per heavy atom. The maximum absolute atomic E-state index is 13.9. The van der Waals surface area contributed by atoms with Crippen LogP contribution in [0.1, 0.15) is 43.1 Å². The van der Waals surface area contributed by atoms with Gasteiger partial charge in [0.2, 0.25) is 0 Å². The monoisotopic (exact) mass is 443 g/mol. The molecular formula is C25H22ClN5O. The molecule has 3 heterocycles. The molecule has 0 radical (unpaired) electrons. The second-order valence-corrected chi connectivity index (χ2v) is 9.06. The number of aryl methyl sites for hydroxylation is 2. The standard InChI is InChI=1S/C25H22ClN5O/c1-14-11-12-16(26)13-20(14)31-23-21(22-24(31)29-19-10-6-5-9-18(19)28-22)25(32)30(15(2)27-23)17-7-3-4-8-17/h5-6,9-13,17H,3-4,7-8H2,1-2H3. The highest BCUT2D eigenvalue weighted by Gasteiger charge is 2.26. The molecule has 2 aromatic carbocycles. The van der Waals surface area contributed by atoms with Gasteiger partial charge in [0.15, 0.2) is 11.3 Å². The van der Waals surface area contributed by atoms with Crippen LogP contribution in [0.15, 0.2) is 47.3 Å². The van der Waals surface area contributed by atoms with Gasteiger partial charge in [-0.1, -0.05) is 42.6 Å². The van der Waals surface area contributed by atoms with Crippen molar-refractivity contribution in [2.45, 2.75) is 45.6 Å². The number of hydrogen-bond acceptors (Lipinski definition) is 4. The van der Waals surface area contributed by atoms with Crippen LogP contribution < -0.4 is 5.56 Å². The van der Waals surface area contributed by atoms with Gasteiger partial charge in [0.1, 0.15) is 16.7 Å². The fourth-order valence-electron chi connectivity index (χ4n) is 5.05. The van der Waals surface area contributed by atoms with E-state index in [1.807, 2.05) is 65.4 Å². The van der Waals surface area contributed by atoms with E-state index in [0.717, 1.165) is 53.8 Å². The molecule has 1 aliphatic carbocycles. The summed E-state index contributed by atoms with van der Waals surface area (Å²) in [5, 5.41) is 1.14. The van der Waals surface area contributed by atoms with Crippen molar-refractivity contribution in [3.05, 3.63) is 69.2 Å². The lowest BCUT2D eigenvalue weighted by Gasteiger charge is -2.17. The average Bonchev–Trinajstić information content (AvgIpc) is 3.40. The van der Waals surface area contributed by atoms with Crippen LogP contribution in [0.3, 0.4) is 0 Å². The predicted octanol–water partition coefficient (Wildman–Crippen LogP) is 5.67. The van der Waals surface area contributed by atoms with Crippen LogP contribution in [0.4, 0.5) is 0 Å². The molecule has 0 aliphatic heterocycles. The second-order valence-electron chi connectivity index (χ2n) is 8.62. The molecule has 6 nitrogen and oxygen atoms in total. The topological polar surface area (TPSA) is 65.6 Å². The molecule has 3 aromatic heterocycles. The molecule has 1 aliphatic rings. The molecule has 0 spiro atoms. The summed E-state index contributed by atoms with van der Waals surface area (Å²) in [5.41, 5.74) is 5.16. The van der Waals surface area contributed by atoms with Gasteiger partial charge in [-0.2, -0.15) is 0 Å². The highest BCUT2D eigenvalue weighted by Crippen LogP contribution is 2.33. The predicted molar refractivity (Wildman–Crippen MR) is 128 cm³/mol. The first-order valence-corrected chi connectivity index (χ1v) is 11.4. The first kappa shape index (κ1) is 19.4. The maximum Gasteiger partial charge on any atom is 0.265 e. The van der Waals surface area contributed by atoms with Crippen molar-refractivity contribution < 1.29 is 0 Å². The largest absolute Gasteiger partial charge is 0.293 e. The van der Waals surface area contributed by atoms with Crippen LogP contribution >= 0.6 is 11.6 Å². The minimum absolute atomic E-state index is 0.0348. The molecule has 7 heteroatoms. The fourth-order valence-corrected chi connectivity index (χ4v) is 5.22. The summed E-state index contributed by atoms with van der Waals surface area (Å²) in [5.74, 6) is 0.725. The van der Waals surface area contributed by atoms with Crippen molar-refractivity contribution in [1.29, 1.82) is 0 Å². The van der Waals surface area contributed by atoms with Gasteiger partial charge < -0.3 is 0 Å². The van der Waals surface area contributed by atoms with E-state index in [-0.39, 0.29) is 11.6 Å².